The fourth-order valence-corrected chi connectivity index (χ4v) is 6.10. The highest BCUT2D eigenvalue weighted by Gasteiger charge is 2.33. The Kier molecular flexibility index (Phi) is 7.54. The first-order valence-electron chi connectivity index (χ1n) is 11.1. The van der Waals surface area contributed by atoms with Crippen LogP contribution < -0.4 is 14.9 Å². The summed E-state index contributed by atoms with van der Waals surface area (Å²) in [5.74, 6) is -0.103. The molecule has 6 nitrogen and oxygen atoms in total. The van der Waals surface area contributed by atoms with Gasteiger partial charge in [-0.05, 0) is 71.7 Å². The zero-order chi connectivity index (χ0) is 25.4. The lowest BCUT2D eigenvalue weighted by Gasteiger charge is -2.25. The summed E-state index contributed by atoms with van der Waals surface area (Å²) in [7, 11) is 0. The molecule has 182 valence electrons. The molecule has 0 saturated heterocycles. The van der Waals surface area contributed by atoms with Crippen molar-refractivity contribution in [1.82, 2.24) is 4.57 Å². The lowest BCUT2D eigenvalue weighted by molar-refractivity contribution is -0.139. The van der Waals surface area contributed by atoms with E-state index in [1.54, 1.807) is 32.1 Å². The summed E-state index contributed by atoms with van der Waals surface area (Å²) in [4.78, 5) is 31.7. The van der Waals surface area contributed by atoms with Crippen molar-refractivity contribution in [2.24, 2.45) is 4.99 Å². The minimum atomic E-state index is -0.679. The van der Waals surface area contributed by atoms with E-state index in [0.29, 0.717) is 40.7 Å². The van der Waals surface area contributed by atoms with E-state index < -0.39 is 12.0 Å². The molecule has 0 fully saturated rings. The summed E-state index contributed by atoms with van der Waals surface area (Å²) in [5.41, 5.74) is 2.92. The molecule has 1 aliphatic rings. The van der Waals surface area contributed by atoms with Gasteiger partial charge in [0.05, 0.1) is 32.0 Å². The molecule has 9 heteroatoms. The number of aromatic hydroxyl groups is 1. The fourth-order valence-electron chi connectivity index (χ4n) is 4.01. The van der Waals surface area contributed by atoms with Crippen molar-refractivity contribution in [2.45, 2.75) is 39.7 Å². The smallest absolute Gasteiger partial charge is 0.338 e. The van der Waals surface area contributed by atoms with Gasteiger partial charge >= 0.3 is 5.97 Å². The zero-order valence-electron chi connectivity index (χ0n) is 19.6. The highest BCUT2D eigenvalue weighted by atomic mass is 127. The lowest BCUT2D eigenvalue weighted by atomic mass is 9.93. The Balaban J connectivity index is 1.96. The van der Waals surface area contributed by atoms with Crippen LogP contribution in [0.5, 0.6) is 5.75 Å². The maximum Gasteiger partial charge on any atom is 0.338 e. The maximum atomic E-state index is 13.7. The van der Waals surface area contributed by atoms with Gasteiger partial charge in [0, 0.05) is 10.6 Å². The number of esters is 1. The van der Waals surface area contributed by atoms with Crippen molar-refractivity contribution < 1.29 is 14.6 Å². The van der Waals surface area contributed by atoms with E-state index in [9.17, 15) is 14.7 Å². The molecule has 0 unspecified atom stereocenters. The van der Waals surface area contributed by atoms with E-state index in [4.69, 9.17) is 16.3 Å². The Morgan fingerprint density at radius 2 is 2.00 bits per heavy atom. The number of nitrogens with zero attached hydrogens (tertiary/aromatic N) is 2. The van der Waals surface area contributed by atoms with E-state index in [-0.39, 0.29) is 17.9 Å². The molecular formula is C26H24ClIN2O4S. The minimum absolute atomic E-state index is 0.0463. The Morgan fingerprint density at radius 1 is 1.31 bits per heavy atom. The van der Waals surface area contributed by atoms with Crippen molar-refractivity contribution in [2.75, 3.05) is 6.61 Å². The molecule has 4 rings (SSSR count). The van der Waals surface area contributed by atoms with Crippen LogP contribution in [-0.4, -0.2) is 22.2 Å². The fraction of sp³-hybridized carbons (Fsp3) is 0.269. The monoisotopic (exact) mass is 622 g/mol. The quantitative estimate of drug-likeness (QED) is 0.325. The van der Waals surface area contributed by atoms with Crippen LogP contribution >= 0.6 is 45.5 Å². The van der Waals surface area contributed by atoms with Gasteiger partial charge in [-0.25, -0.2) is 9.79 Å². The van der Waals surface area contributed by atoms with Crippen LogP contribution in [0.1, 0.15) is 56.3 Å². The molecule has 3 aromatic rings. The highest BCUT2D eigenvalue weighted by Crippen LogP contribution is 2.32. The molecule has 0 radical (unpaired) electrons. The molecule has 2 aromatic carbocycles. The van der Waals surface area contributed by atoms with Crippen LogP contribution in [0.25, 0.3) is 6.08 Å². The van der Waals surface area contributed by atoms with Gasteiger partial charge in [-0.2, -0.15) is 0 Å². The van der Waals surface area contributed by atoms with Gasteiger partial charge in [0.2, 0.25) is 0 Å². The molecule has 0 amide bonds. The number of halogens is 2. The second kappa shape index (κ2) is 10.3. The number of aromatic nitrogens is 1. The van der Waals surface area contributed by atoms with E-state index >= 15 is 0 Å². The summed E-state index contributed by atoms with van der Waals surface area (Å²) < 4.78 is 7.83. The highest BCUT2D eigenvalue weighted by molar-refractivity contribution is 14.1. The van der Waals surface area contributed by atoms with E-state index in [2.05, 4.69) is 18.8 Å². The first kappa shape index (κ1) is 25.7. The summed E-state index contributed by atoms with van der Waals surface area (Å²) in [6, 6.07) is 10.5. The summed E-state index contributed by atoms with van der Waals surface area (Å²) in [6.07, 6.45) is 1.61. The number of carbonyl (C=O) groups is 1. The van der Waals surface area contributed by atoms with Crippen LogP contribution in [0, 0.1) is 3.57 Å². The number of thiazole rings is 1. The number of benzene rings is 2. The molecule has 0 spiro atoms. The van der Waals surface area contributed by atoms with Crippen molar-refractivity contribution in [3.05, 3.63) is 92.6 Å². The standard InChI is InChI=1S/C26H24ClIN2O4S/c1-5-34-25(33)21-14(4)29-26-30(22(21)16-8-6-15(7-9-16)13(2)3)24(32)20(35-26)11-17-10-18(27)12-19(28)23(17)31/h6-13,22,31H,5H2,1-4H3/b20-11-/t22-/m0/s1. The number of rotatable bonds is 5. The molecule has 1 atom stereocenters. The van der Waals surface area contributed by atoms with Crippen molar-refractivity contribution in [3.8, 4) is 5.75 Å². The van der Waals surface area contributed by atoms with Crippen molar-refractivity contribution >= 4 is 57.6 Å². The van der Waals surface area contributed by atoms with Gasteiger partial charge in [0.1, 0.15) is 5.75 Å². The topological polar surface area (TPSA) is 80.9 Å². The van der Waals surface area contributed by atoms with Gasteiger partial charge in [-0.3, -0.25) is 9.36 Å². The molecule has 1 N–H and O–H groups in total. The zero-order valence-corrected chi connectivity index (χ0v) is 23.4. The van der Waals surface area contributed by atoms with Crippen molar-refractivity contribution in [1.29, 1.82) is 0 Å². The SMILES string of the molecule is CCOC(=O)C1=C(C)N=c2s/c(=C\c3cc(Cl)cc(I)c3O)c(=O)n2[C@H]1c1ccc(C(C)C)cc1. The molecule has 35 heavy (non-hydrogen) atoms. The van der Waals surface area contributed by atoms with Crippen LogP contribution in [0.2, 0.25) is 5.02 Å². The Labute approximate surface area is 225 Å². The molecule has 0 aliphatic carbocycles. The number of fused-ring (bicyclic) bond motifs is 1. The molecule has 1 aliphatic heterocycles. The van der Waals surface area contributed by atoms with Gasteiger partial charge in [0.25, 0.3) is 5.56 Å². The predicted octanol–water partition coefficient (Wildman–Crippen LogP) is 4.89. The lowest BCUT2D eigenvalue weighted by Crippen LogP contribution is -2.39. The maximum absolute atomic E-state index is 13.7. The Bertz CT molecular complexity index is 1520. The van der Waals surface area contributed by atoms with Gasteiger partial charge < -0.3 is 9.84 Å². The number of phenols is 1. The van der Waals surface area contributed by atoms with Crippen LogP contribution in [0.4, 0.5) is 0 Å². The third-order valence-electron chi connectivity index (χ3n) is 5.78. The first-order chi connectivity index (χ1) is 16.6. The van der Waals surface area contributed by atoms with Crippen LogP contribution in [0.3, 0.4) is 0 Å². The van der Waals surface area contributed by atoms with E-state index in [0.717, 1.165) is 11.1 Å². The minimum Gasteiger partial charge on any atom is -0.506 e. The number of hydrogen-bond donors (Lipinski definition) is 1. The largest absolute Gasteiger partial charge is 0.506 e. The number of carbonyl (C=O) groups excluding carboxylic acids is 1. The van der Waals surface area contributed by atoms with Gasteiger partial charge in [0.15, 0.2) is 4.80 Å². The average molecular weight is 623 g/mol. The second-order valence-corrected chi connectivity index (χ2v) is 11.1. The van der Waals surface area contributed by atoms with Crippen LogP contribution in [-0.2, 0) is 9.53 Å². The number of ether oxygens (including phenoxy) is 1. The molecule has 0 saturated carbocycles. The second-order valence-electron chi connectivity index (χ2n) is 8.45. The molecular weight excluding hydrogens is 599 g/mol. The van der Waals surface area contributed by atoms with Crippen molar-refractivity contribution in [3.63, 3.8) is 0 Å². The third kappa shape index (κ3) is 4.96. The predicted molar refractivity (Wildman–Crippen MR) is 147 cm³/mol. The van der Waals surface area contributed by atoms with E-state index in [1.165, 1.54) is 15.9 Å². The molecule has 2 heterocycles. The van der Waals surface area contributed by atoms with Gasteiger partial charge in [-0.1, -0.05) is 61.1 Å². The van der Waals surface area contributed by atoms with Crippen LogP contribution in [0.15, 0.2) is 57.5 Å². The molecule has 0 bridgehead atoms. The first-order valence-corrected chi connectivity index (χ1v) is 13.4. The Hall–Kier alpha value is -2.43. The van der Waals surface area contributed by atoms with Gasteiger partial charge in [-0.15, -0.1) is 0 Å². The number of phenolic OH excluding ortho intramolecular Hbond substituents is 1. The average Bonchev–Trinajstić information content (AvgIpc) is 3.10. The van der Waals surface area contributed by atoms with E-state index in [1.807, 2.05) is 46.9 Å². The normalized spacial score (nSPS) is 15.9. The molecule has 1 aromatic heterocycles. The summed E-state index contributed by atoms with van der Waals surface area (Å²) in [6.45, 7) is 7.93. The third-order valence-corrected chi connectivity index (χ3v) is 7.80. The summed E-state index contributed by atoms with van der Waals surface area (Å²) in [5, 5.41) is 11.0. The number of allylic oxidation sites excluding steroid dienone is 1. The number of hydrogen-bond acceptors (Lipinski definition) is 6. The Morgan fingerprint density at radius 3 is 2.63 bits per heavy atom. The summed E-state index contributed by atoms with van der Waals surface area (Å²) >= 11 is 9.37.